The highest BCUT2D eigenvalue weighted by atomic mass is 35.5. The number of aliphatic carboxylic acids is 1. The lowest BCUT2D eigenvalue weighted by atomic mass is 9.87. The zero-order valence-electron chi connectivity index (χ0n) is 9.40. The normalized spacial score (nSPS) is 21.2. The molecule has 2 heterocycles. The molecule has 1 aliphatic rings. The number of nitrogens with zero attached hydrogens (tertiary/aromatic N) is 2. The lowest BCUT2D eigenvalue weighted by Gasteiger charge is -2.18. The van der Waals surface area contributed by atoms with Gasteiger partial charge in [0.1, 0.15) is 6.04 Å². The third kappa shape index (κ3) is 1.59. The summed E-state index contributed by atoms with van der Waals surface area (Å²) in [6, 6.07) is -0.935. The molecule has 1 atom stereocenters. The average Bonchev–Trinajstić information content (AvgIpc) is 2.47. The summed E-state index contributed by atoms with van der Waals surface area (Å²) in [6.07, 6.45) is 0.294. The first-order valence-electron chi connectivity index (χ1n) is 5.06. The summed E-state index contributed by atoms with van der Waals surface area (Å²) in [7, 11) is 0. The Balaban J connectivity index is 2.83. The van der Waals surface area contributed by atoms with Crippen molar-refractivity contribution < 1.29 is 9.90 Å². The molecule has 0 spiro atoms. The van der Waals surface area contributed by atoms with Gasteiger partial charge in [-0.3, -0.25) is 9.36 Å². The van der Waals surface area contributed by atoms with Gasteiger partial charge in [-0.15, -0.1) is 0 Å². The van der Waals surface area contributed by atoms with Crippen LogP contribution in [0, 0.1) is 0 Å². The molecule has 0 saturated carbocycles. The summed E-state index contributed by atoms with van der Waals surface area (Å²) in [5, 5.41) is 9.23. The quantitative estimate of drug-likeness (QED) is 0.775. The molecule has 0 amide bonds. The van der Waals surface area contributed by atoms with E-state index in [0.29, 0.717) is 12.1 Å². The number of hydrogen-bond acceptors (Lipinski definition) is 4. The number of fused-ring (bicyclic) bond motifs is 1. The van der Waals surface area contributed by atoms with Gasteiger partial charge in [-0.25, -0.2) is 9.78 Å². The fourth-order valence-corrected chi connectivity index (χ4v) is 2.74. The SMILES string of the molecule is CC1(C)C[C@@H](C(=O)O)n2c1c(Cl)nc(N)c2=O. The van der Waals surface area contributed by atoms with Crippen molar-refractivity contribution in [2.45, 2.75) is 31.7 Å². The van der Waals surface area contributed by atoms with E-state index < -0.39 is 23.0 Å². The van der Waals surface area contributed by atoms with Crippen LogP contribution in [0.15, 0.2) is 4.79 Å². The lowest BCUT2D eigenvalue weighted by Crippen LogP contribution is -2.30. The minimum Gasteiger partial charge on any atom is -0.480 e. The number of carbonyl (C=O) groups is 1. The van der Waals surface area contributed by atoms with Crippen molar-refractivity contribution in [3.8, 4) is 0 Å². The van der Waals surface area contributed by atoms with Crippen LogP contribution in [0.3, 0.4) is 0 Å². The average molecular weight is 258 g/mol. The van der Waals surface area contributed by atoms with Gasteiger partial charge in [0.15, 0.2) is 11.0 Å². The van der Waals surface area contributed by atoms with Crippen LogP contribution in [-0.2, 0) is 10.2 Å². The Morgan fingerprint density at radius 3 is 2.76 bits per heavy atom. The Morgan fingerprint density at radius 2 is 2.24 bits per heavy atom. The van der Waals surface area contributed by atoms with Gasteiger partial charge in [-0.2, -0.15) is 0 Å². The predicted octanol–water partition coefficient (Wildman–Crippen LogP) is 0.786. The molecule has 1 aromatic heterocycles. The van der Waals surface area contributed by atoms with Gasteiger partial charge < -0.3 is 10.8 Å². The zero-order valence-corrected chi connectivity index (χ0v) is 10.2. The van der Waals surface area contributed by atoms with Crippen molar-refractivity contribution in [3.63, 3.8) is 0 Å². The topological polar surface area (TPSA) is 98.2 Å². The van der Waals surface area contributed by atoms with E-state index in [4.69, 9.17) is 22.4 Å². The van der Waals surface area contributed by atoms with Gasteiger partial charge in [-0.1, -0.05) is 25.4 Å². The fourth-order valence-electron chi connectivity index (χ4n) is 2.30. The van der Waals surface area contributed by atoms with Crippen LogP contribution in [0.5, 0.6) is 0 Å². The molecule has 7 heteroatoms. The molecule has 3 N–H and O–H groups in total. The van der Waals surface area contributed by atoms with Crippen LogP contribution in [0.25, 0.3) is 0 Å². The van der Waals surface area contributed by atoms with E-state index in [1.807, 2.05) is 13.8 Å². The van der Waals surface area contributed by atoms with Gasteiger partial charge in [0.05, 0.1) is 5.69 Å². The van der Waals surface area contributed by atoms with Gasteiger partial charge >= 0.3 is 5.97 Å². The predicted molar refractivity (Wildman–Crippen MR) is 62.2 cm³/mol. The molecular weight excluding hydrogens is 246 g/mol. The molecule has 0 aliphatic carbocycles. The maximum Gasteiger partial charge on any atom is 0.326 e. The van der Waals surface area contributed by atoms with E-state index in [1.165, 1.54) is 0 Å². The van der Waals surface area contributed by atoms with E-state index in [-0.39, 0.29) is 11.0 Å². The molecule has 17 heavy (non-hydrogen) atoms. The monoisotopic (exact) mass is 257 g/mol. The van der Waals surface area contributed by atoms with E-state index in [2.05, 4.69) is 4.98 Å². The van der Waals surface area contributed by atoms with E-state index >= 15 is 0 Å². The number of halogens is 1. The molecule has 6 nitrogen and oxygen atoms in total. The number of nitrogen functional groups attached to an aromatic ring is 1. The van der Waals surface area contributed by atoms with Crippen LogP contribution < -0.4 is 11.3 Å². The van der Waals surface area contributed by atoms with E-state index in [0.717, 1.165) is 4.57 Å². The van der Waals surface area contributed by atoms with Crippen LogP contribution in [-0.4, -0.2) is 20.6 Å². The highest BCUT2D eigenvalue weighted by molar-refractivity contribution is 6.30. The zero-order chi connectivity index (χ0) is 13.0. The Morgan fingerprint density at radius 1 is 1.65 bits per heavy atom. The minimum atomic E-state index is -1.07. The highest BCUT2D eigenvalue weighted by Crippen LogP contribution is 2.42. The van der Waals surface area contributed by atoms with Gasteiger partial charge in [-0.05, 0) is 6.42 Å². The Labute approximate surface area is 102 Å². The Kier molecular flexibility index (Phi) is 2.43. The molecular formula is C10H12ClN3O3. The number of aromatic nitrogens is 2. The van der Waals surface area contributed by atoms with Crippen LogP contribution in [0.2, 0.25) is 5.15 Å². The van der Waals surface area contributed by atoms with Gasteiger partial charge in [0.2, 0.25) is 0 Å². The maximum absolute atomic E-state index is 11.9. The number of hydrogen-bond donors (Lipinski definition) is 2. The number of nitrogens with two attached hydrogens (primary N) is 1. The number of carboxylic acid groups (broad SMARTS) is 1. The molecule has 0 unspecified atom stereocenters. The Hall–Kier alpha value is -1.56. The minimum absolute atomic E-state index is 0.0934. The summed E-state index contributed by atoms with van der Waals surface area (Å²) in [6.45, 7) is 3.65. The molecule has 0 fully saturated rings. The third-order valence-corrected chi connectivity index (χ3v) is 3.30. The van der Waals surface area contributed by atoms with Crippen molar-refractivity contribution in [3.05, 3.63) is 21.2 Å². The van der Waals surface area contributed by atoms with Crippen LogP contribution in [0.4, 0.5) is 5.82 Å². The smallest absolute Gasteiger partial charge is 0.326 e. The summed E-state index contributed by atoms with van der Waals surface area (Å²) in [5.41, 5.74) is 4.75. The number of rotatable bonds is 1. The summed E-state index contributed by atoms with van der Waals surface area (Å²) < 4.78 is 1.15. The first-order valence-corrected chi connectivity index (χ1v) is 5.44. The molecule has 2 rings (SSSR count). The molecule has 92 valence electrons. The van der Waals surface area contributed by atoms with Crippen molar-refractivity contribution in [1.29, 1.82) is 0 Å². The molecule has 0 radical (unpaired) electrons. The van der Waals surface area contributed by atoms with E-state index in [9.17, 15) is 9.59 Å². The molecule has 0 aromatic carbocycles. The molecule has 1 aromatic rings. The van der Waals surface area contributed by atoms with Crippen molar-refractivity contribution in [2.75, 3.05) is 5.73 Å². The summed E-state index contributed by atoms with van der Waals surface area (Å²) in [5.74, 6) is -1.34. The first-order chi connectivity index (χ1) is 7.75. The Bertz CT molecular complexity index is 565. The maximum atomic E-state index is 11.9. The second-order valence-electron chi connectivity index (χ2n) is 4.75. The number of carboxylic acids is 1. The molecule has 0 saturated heterocycles. The van der Waals surface area contributed by atoms with Crippen molar-refractivity contribution in [1.82, 2.24) is 9.55 Å². The number of anilines is 1. The second kappa shape index (κ2) is 3.46. The highest BCUT2D eigenvalue weighted by Gasteiger charge is 2.43. The molecule has 0 bridgehead atoms. The van der Waals surface area contributed by atoms with E-state index in [1.54, 1.807) is 0 Å². The second-order valence-corrected chi connectivity index (χ2v) is 5.11. The molecule has 1 aliphatic heterocycles. The summed E-state index contributed by atoms with van der Waals surface area (Å²) in [4.78, 5) is 26.8. The first kappa shape index (κ1) is 11.9. The van der Waals surface area contributed by atoms with Crippen LogP contribution in [0.1, 0.15) is 32.0 Å². The van der Waals surface area contributed by atoms with Gasteiger partial charge in [0.25, 0.3) is 5.56 Å². The lowest BCUT2D eigenvalue weighted by molar-refractivity contribution is -0.140. The van der Waals surface area contributed by atoms with Crippen LogP contribution >= 0.6 is 11.6 Å². The van der Waals surface area contributed by atoms with Crippen molar-refractivity contribution >= 4 is 23.4 Å². The van der Waals surface area contributed by atoms with Crippen molar-refractivity contribution in [2.24, 2.45) is 0 Å². The fraction of sp³-hybridized carbons (Fsp3) is 0.500. The van der Waals surface area contributed by atoms with Gasteiger partial charge in [0, 0.05) is 5.41 Å². The summed E-state index contributed by atoms with van der Waals surface area (Å²) >= 11 is 5.96. The standard InChI is InChI=1S/C10H12ClN3O3/c1-10(2)3-4(9(16)17)14-5(10)6(11)13-7(12)8(14)15/h4H,3H2,1-2H3,(H2,12,13)(H,16,17)/t4-/m0/s1. The largest absolute Gasteiger partial charge is 0.480 e. The third-order valence-electron chi connectivity index (χ3n) is 3.03.